The van der Waals surface area contributed by atoms with Crippen molar-refractivity contribution in [1.82, 2.24) is 4.98 Å². The van der Waals surface area contributed by atoms with Crippen LogP contribution in [0.5, 0.6) is 5.75 Å². The lowest BCUT2D eigenvalue weighted by Crippen LogP contribution is -2.49. The molecule has 0 amide bonds. The van der Waals surface area contributed by atoms with Gasteiger partial charge in [0.05, 0.1) is 25.3 Å². The molecule has 6 nitrogen and oxygen atoms in total. The van der Waals surface area contributed by atoms with E-state index < -0.39 is 6.17 Å². The monoisotopic (exact) mass is 384 g/mol. The number of hydrogen-bond donors (Lipinski definition) is 1. The van der Waals surface area contributed by atoms with Gasteiger partial charge in [0.2, 0.25) is 0 Å². The number of alkyl halides is 1. The van der Waals surface area contributed by atoms with Gasteiger partial charge in [0.15, 0.2) is 0 Å². The lowest BCUT2D eigenvalue weighted by molar-refractivity contribution is 0.146. The van der Waals surface area contributed by atoms with Gasteiger partial charge in [0.25, 0.3) is 0 Å². The highest BCUT2D eigenvalue weighted by Gasteiger charge is 2.30. The Hall–Kier alpha value is -2.94. The molecule has 0 saturated carbocycles. The average Bonchev–Trinajstić information content (AvgIpc) is 2.65. The number of anilines is 1. The van der Waals surface area contributed by atoms with Crippen LogP contribution in [0, 0.1) is 27.3 Å². The fourth-order valence-corrected chi connectivity index (χ4v) is 3.14. The van der Waals surface area contributed by atoms with E-state index in [0.717, 1.165) is 0 Å². The van der Waals surface area contributed by atoms with Crippen molar-refractivity contribution < 1.29 is 13.9 Å². The third-order valence-corrected chi connectivity index (χ3v) is 4.58. The van der Waals surface area contributed by atoms with E-state index in [1.165, 1.54) is 0 Å². The molecule has 0 bridgehead atoms. The van der Waals surface area contributed by atoms with Crippen molar-refractivity contribution >= 4 is 18.0 Å². The van der Waals surface area contributed by atoms with Gasteiger partial charge < -0.3 is 19.4 Å². The van der Waals surface area contributed by atoms with Crippen LogP contribution >= 0.6 is 12.2 Å². The summed E-state index contributed by atoms with van der Waals surface area (Å²) in [5.74, 6) is 1.10. The number of H-pyrrole nitrogens is 1. The fourth-order valence-electron chi connectivity index (χ4n) is 2.90. The van der Waals surface area contributed by atoms with E-state index in [1.807, 2.05) is 0 Å². The summed E-state index contributed by atoms with van der Waals surface area (Å²) in [6.45, 7) is 1.28. The van der Waals surface area contributed by atoms with Gasteiger partial charge in [-0.15, -0.1) is 0 Å². The van der Waals surface area contributed by atoms with Gasteiger partial charge in [-0.25, -0.2) is 4.39 Å². The molecule has 1 saturated heterocycles. The Bertz CT molecular complexity index is 969. The highest BCUT2D eigenvalue weighted by Crippen LogP contribution is 2.35. The maximum atomic E-state index is 13.3. The summed E-state index contributed by atoms with van der Waals surface area (Å²) < 4.78 is 24.0. The summed E-state index contributed by atoms with van der Waals surface area (Å²) >= 11 is 5.30. The Morgan fingerprint density at radius 1 is 1.19 bits per heavy atom. The molecule has 0 atom stereocenters. The van der Waals surface area contributed by atoms with E-state index >= 15 is 0 Å². The maximum Gasteiger partial charge on any atom is 0.135 e. The Balaban J connectivity index is 2.04. The largest absolute Gasteiger partial charge is 0.491 e. The molecule has 27 heavy (non-hydrogen) atoms. The molecule has 8 heteroatoms. The summed E-state index contributed by atoms with van der Waals surface area (Å²) in [5.41, 5.74) is 1.61. The van der Waals surface area contributed by atoms with Crippen LogP contribution in [-0.2, 0) is 4.74 Å². The Morgan fingerprint density at radius 3 is 2.41 bits per heavy atom. The number of aromatic amines is 1. The molecule has 1 aromatic heterocycles. The molecule has 1 N–H and O–H groups in total. The number of nitrogens with one attached hydrogen (secondary N) is 1. The first-order chi connectivity index (χ1) is 13.1. The van der Waals surface area contributed by atoms with E-state index in [9.17, 15) is 14.9 Å². The molecule has 1 aliphatic heterocycles. The SMILES string of the molecule is COCCOc1ccc(-c2c(C#N)c(N3CC(F)C3)[nH]c(=S)c2C#N)cc1. The number of halogens is 1. The first-order valence-electron chi connectivity index (χ1n) is 8.30. The second-order valence-corrected chi connectivity index (χ2v) is 6.43. The molecule has 2 aromatic rings. The van der Waals surface area contributed by atoms with Crippen LogP contribution in [0.1, 0.15) is 11.1 Å². The Morgan fingerprint density at radius 2 is 1.85 bits per heavy atom. The minimum Gasteiger partial charge on any atom is -0.491 e. The Labute approximate surface area is 161 Å². The standard InChI is InChI=1S/C19H17FN4O2S/c1-25-6-7-26-14-4-2-12(3-5-14)17-15(8-21)18(24-10-13(20)11-24)23-19(27)16(17)9-22/h2-5,13H,6-7,10-11H2,1H3,(H,23,27). The molecular weight excluding hydrogens is 367 g/mol. The van der Waals surface area contributed by atoms with Crippen molar-refractivity contribution in [3.05, 3.63) is 40.0 Å². The normalized spacial score (nSPS) is 13.6. The number of methoxy groups -OCH3 is 1. The molecule has 0 radical (unpaired) electrons. The van der Waals surface area contributed by atoms with E-state index in [1.54, 1.807) is 36.3 Å². The third kappa shape index (κ3) is 3.77. The molecular formula is C19H17FN4O2S. The molecule has 2 heterocycles. The Kier molecular flexibility index (Phi) is 5.70. The highest BCUT2D eigenvalue weighted by molar-refractivity contribution is 7.71. The molecule has 1 fully saturated rings. The molecule has 138 valence electrons. The van der Waals surface area contributed by atoms with Crippen LogP contribution in [0.2, 0.25) is 0 Å². The first kappa shape index (κ1) is 18.8. The summed E-state index contributed by atoms with van der Waals surface area (Å²) in [6.07, 6.45) is -0.929. The van der Waals surface area contributed by atoms with Crippen LogP contribution in [0.4, 0.5) is 10.2 Å². The molecule has 0 aliphatic carbocycles. The highest BCUT2D eigenvalue weighted by atomic mass is 32.1. The van der Waals surface area contributed by atoms with Crippen molar-refractivity contribution in [2.24, 2.45) is 0 Å². The number of hydrogen-bond acceptors (Lipinski definition) is 6. The lowest BCUT2D eigenvalue weighted by atomic mass is 9.96. The van der Waals surface area contributed by atoms with Gasteiger partial charge in [0, 0.05) is 12.7 Å². The number of aromatic nitrogens is 1. The van der Waals surface area contributed by atoms with E-state index in [-0.39, 0.29) is 28.9 Å². The number of nitriles is 2. The molecule has 0 spiro atoms. The quantitative estimate of drug-likeness (QED) is 0.607. The number of ether oxygens (including phenoxy) is 2. The van der Waals surface area contributed by atoms with Gasteiger partial charge in [-0.3, -0.25) is 0 Å². The predicted octanol–water partition coefficient (Wildman–Crippen LogP) is 3.34. The zero-order chi connectivity index (χ0) is 19.4. The molecule has 0 unspecified atom stereocenters. The number of benzene rings is 1. The zero-order valence-corrected chi connectivity index (χ0v) is 15.5. The topological polar surface area (TPSA) is 85.1 Å². The van der Waals surface area contributed by atoms with Crippen LogP contribution in [-0.4, -0.2) is 44.6 Å². The first-order valence-corrected chi connectivity index (χ1v) is 8.71. The minimum absolute atomic E-state index is 0.192. The summed E-state index contributed by atoms with van der Waals surface area (Å²) in [7, 11) is 1.60. The van der Waals surface area contributed by atoms with Crippen molar-refractivity contribution in [2.45, 2.75) is 6.17 Å². The van der Waals surface area contributed by atoms with Crippen molar-refractivity contribution in [3.63, 3.8) is 0 Å². The number of nitrogens with zero attached hydrogens (tertiary/aromatic N) is 3. The molecule has 3 rings (SSSR count). The molecule has 1 aromatic carbocycles. The van der Waals surface area contributed by atoms with E-state index in [2.05, 4.69) is 17.1 Å². The smallest absolute Gasteiger partial charge is 0.135 e. The van der Waals surface area contributed by atoms with Crippen LogP contribution in [0.15, 0.2) is 24.3 Å². The number of pyridine rings is 1. The minimum atomic E-state index is -0.929. The van der Waals surface area contributed by atoms with Gasteiger partial charge in [0.1, 0.15) is 46.7 Å². The van der Waals surface area contributed by atoms with Gasteiger partial charge in [-0.2, -0.15) is 10.5 Å². The lowest BCUT2D eigenvalue weighted by Gasteiger charge is -2.36. The van der Waals surface area contributed by atoms with Crippen molar-refractivity contribution in [1.29, 1.82) is 10.5 Å². The second-order valence-electron chi connectivity index (χ2n) is 6.02. The second kappa shape index (κ2) is 8.17. The number of rotatable bonds is 6. The summed E-state index contributed by atoms with van der Waals surface area (Å²) in [4.78, 5) is 4.63. The van der Waals surface area contributed by atoms with Gasteiger partial charge in [-0.05, 0) is 17.7 Å². The predicted molar refractivity (Wildman–Crippen MR) is 101 cm³/mol. The van der Waals surface area contributed by atoms with Crippen molar-refractivity contribution in [3.8, 4) is 29.0 Å². The summed E-state index contributed by atoms with van der Waals surface area (Å²) in [6, 6.07) is 11.3. The van der Waals surface area contributed by atoms with Gasteiger partial charge in [-0.1, -0.05) is 24.4 Å². The fraction of sp³-hybridized carbons (Fsp3) is 0.316. The summed E-state index contributed by atoms with van der Waals surface area (Å²) in [5, 5.41) is 19.3. The van der Waals surface area contributed by atoms with E-state index in [4.69, 9.17) is 21.7 Å². The van der Waals surface area contributed by atoms with E-state index in [0.29, 0.717) is 35.9 Å². The maximum absolute atomic E-state index is 13.3. The van der Waals surface area contributed by atoms with Gasteiger partial charge >= 0.3 is 0 Å². The molecule has 1 aliphatic rings. The van der Waals surface area contributed by atoms with Crippen LogP contribution < -0.4 is 9.64 Å². The third-order valence-electron chi connectivity index (χ3n) is 4.27. The van der Waals surface area contributed by atoms with Crippen molar-refractivity contribution in [2.75, 3.05) is 38.3 Å². The zero-order valence-electron chi connectivity index (χ0n) is 14.7. The van der Waals surface area contributed by atoms with Crippen LogP contribution in [0.25, 0.3) is 11.1 Å². The average molecular weight is 384 g/mol. The van der Waals surface area contributed by atoms with Crippen LogP contribution in [0.3, 0.4) is 0 Å².